The van der Waals surface area contributed by atoms with Crippen LogP contribution in [0.15, 0.2) is 52.0 Å². The van der Waals surface area contributed by atoms with Crippen molar-refractivity contribution in [2.75, 3.05) is 12.4 Å². The first kappa shape index (κ1) is 23.7. The van der Waals surface area contributed by atoms with Gasteiger partial charge in [-0.1, -0.05) is 6.07 Å². The van der Waals surface area contributed by atoms with E-state index in [1.807, 2.05) is 19.1 Å². The Balaban J connectivity index is 1.56. The third-order valence-corrected chi connectivity index (χ3v) is 5.77. The largest absolute Gasteiger partial charge is 0.495 e. The van der Waals surface area contributed by atoms with Crippen LogP contribution in [0.2, 0.25) is 0 Å². The number of nitro benzene ring substituents is 1. The normalized spacial score (nSPS) is 13.7. The number of carbonyl (C=O) groups excluding carboxylic acids is 2. The van der Waals surface area contributed by atoms with E-state index >= 15 is 0 Å². The van der Waals surface area contributed by atoms with Gasteiger partial charge in [0.1, 0.15) is 11.5 Å². The number of nitrogens with zero attached hydrogens (tertiary/aromatic N) is 2. The zero-order valence-electron chi connectivity index (χ0n) is 19.5. The molecule has 1 aliphatic rings. The summed E-state index contributed by atoms with van der Waals surface area (Å²) in [6.07, 6.45) is 1.99. The average Bonchev–Trinajstić information content (AvgIpc) is 3.20. The van der Waals surface area contributed by atoms with E-state index in [0.717, 1.165) is 12.0 Å². The predicted molar refractivity (Wildman–Crippen MR) is 129 cm³/mol. The van der Waals surface area contributed by atoms with Gasteiger partial charge in [-0.15, -0.1) is 0 Å². The quantitative estimate of drug-likeness (QED) is 0.396. The summed E-state index contributed by atoms with van der Waals surface area (Å²) in [4.78, 5) is 35.8. The maximum absolute atomic E-state index is 13.0. The summed E-state index contributed by atoms with van der Waals surface area (Å²) in [5.74, 6) is 0.447. The van der Waals surface area contributed by atoms with Gasteiger partial charge in [0.25, 0.3) is 17.5 Å². The van der Waals surface area contributed by atoms with Gasteiger partial charge in [0, 0.05) is 35.2 Å². The van der Waals surface area contributed by atoms with Crippen molar-refractivity contribution >= 4 is 28.9 Å². The fourth-order valence-electron chi connectivity index (χ4n) is 4.01. The number of carbonyl (C=O) groups is 2. The lowest BCUT2D eigenvalue weighted by Crippen LogP contribution is -2.22. The third-order valence-electron chi connectivity index (χ3n) is 5.77. The van der Waals surface area contributed by atoms with E-state index in [1.54, 1.807) is 13.0 Å². The number of nitro groups is 1. The Bertz CT molecular complexity index is 1340. The monoisotopic (exact) mass is 476 g/mol. The van der Waals surface area contributed by atoms with Crippen molar-refractivity contribution < 1.29 is 23.7 Å². The fourth-order valence-corrected chi connectivity index (χ4v) is 4.01. The van der Waals surface area contributed by atoms with Crippen molar-refractivity contribution in [2.45, 2.75) is 33.1 Å². The van der Waals surface area contributed by atoms with Crippen LogP contribution in [-0.4, -0.2) is 29.6 Å². The molecule has 0 unspecified atom stereocenters. The molecule has 0 radical (unpaired) electrons. The molecule has 35 heavy (non-hydrogen) atoms. The van der Waals surface area contributed by atoms with E-state index in [2.05, 4.69) is 15.8 Å². The van der Waals surface area contributed by atoms with Gasteiger partial charge in [-0.2, -0.15) is 5.10 Å². The number of rotatable bonds is 6. The van der Waals surface area contributed by atoms with Crippen LogP contribution in [0, 0.1) is 24.0 Å². The molecule has 10 heteroatoms. The molecular formula is C25H24N4O6. The number of hydrogen-bond acceptors (Lipinski definition) is 7. The topological polar surface area (TPSA) is 136 Å². The number of aryl methyl sites for hydroxylation is 2. The molecule has 0 spiro atoms. The standard InChI is InChI=1S/C25H24N4O6/c1-14-7-12-20(34-3)19(13-14)26-25(31)23-15(2)22-18(5-4-6-21(22)35-23)27-28-24(30)16-8-10-17(11-9-16)29(32)33/h7-13H,4-6H2,1-3H3,(H,26,31)(H,28,30)/b27-18+. The summed E-state index contributed by atoms with van der Waals surface area (Å²) < 4.78 is 11.3. The molecule has 2 aromatic carbocycles. The van der Waals surface area contributed by atoms with E-state index in [-0.39, 0.29) is 17.0 Å². The molecule has 1 heterocycles. The molecule has 1 aliphatic carbocycles. The molecule has 10 nitrogen and oxygen atoms in total. The van der Waals surface area contributed by atoms with E-state index in [1.165, 1.54) is 31.4 Å². The summed E-state index contributed by atoms with van der Waals surface area (Å²) in [6, 6.07) is 10.7. The van der Waals surface area contributed by atoms with Crippen molar-refractivity contribution in [3.63, 3.8) is 0 Å². The van der Waals surface area contributed by atoms with Crippen LogP contribution in [0.25, 0.3) is 0 Å². The Morgan fingerprint density at radius 3 is 2.51 bits per heavy atom. The summed E-state index contributed by atoms with van der Waals surface area (Å²) in [7, 11) is 1.53. The summed E-state index contributed by atoms with van der Waals surface area (Å²) >= 11 is 0. The van der Waals surface area contributed by atoms with Gasteiger partial charge in [0.05, 0.1) is 23.4 Å². The smallest absolute Gasteiger partial charge is 0.291 e. The van der Waals surface area contributed by atoms with Crippen molar-refractivity contribution in [3.8, 4) is 5.75 Å². The second-order valence-corrected chi connectivity index (χ2v) is 8.17. The van der Waals surface area contributed by atoms with Crippen molar-refractivity contribution in [1.29, 1.82) is 0 Å². The maximum Gasteiger partial charge on any atom is 0.291 e. The molecule has 4 rings (SSSR count). The third kappa shape index (κ3) is 4.91. The van der Waals surface area contributed by atoms with Crippen molar-refractivity contribution in [1.82, 2.24) is 5.43 Å². The molecular weight excluding hydrogens is 452 g/mol. The van der Waals surface area contributed by atoms with E-state index in [4.69, 9.17) is 9.15 Å². The first-order chi connectivity index (χ1) is 16.8. The van der Waals surface area contributed by atoms with Crippen LogP contribution in [0.1, 0.15) is 56.2 Å². The number of fused-ring (bicyclic) bond motifs is 1. The Morgan fingerprint density at radius 1 is 1.09 bits per heavy atom. The molecule has 2 amide bonds. The predicted octanol–water partition coefficient (Wildman–Crippen LogP) is 4.54. The van der Waals surface area contributed by atoms with Crippen LogP contribution >= 0.6 is 0 Å². The molecule has 2 N–H and O–H groups in total. The zero-order chi connectivity index (χ0) is 25.1. The van der Waals surface area contributed by atoms with Gasteiger partial charge in [0.2, 0.25) is 0 Å². The SMILES string of the molecule is COc1ccc(C)cc1NC(=O)c1oc2c(c1C)/C(=N/NC(=O)c1ccc([N+](=O)[O-])cc1)CCC2. The van der Waals surface area contributed by atoms with Crippen molar-refractivity contribution in [2.24, 2.45) is 5.10 Å². The number of non-ortho nitro benzene ring substituents is 1. The maximum atomic E-state index is 13.0. The van der Waals surface area contributed by atoms with Gasteiger partial charge in [-0.05, 0) is 56.5 Å². The minimum absolute atomic E-state index is 0.104. The first-order valence-electron chi connectivity index (χ1n) is 11.0. The molecule has 1 aromatic heterocycles. The molecule has 0 saturated carbocycles. The summed E-state index contributed by atoms with van der Waals surface area (Å²) in [5.41, 5.74) is 6.10. The number of ether oxygens (including phenoxy) is 1. The molecule has 0 bridgehead atoms. The number of hydrazone groups is 1. The Hall–Kier alpha value is -4.47. The lowest BCUT2D eigenvalue weighted by Gasteiger charge is -2.13. The number of furan rings is 1. The molecule has 3 aromatic rings. The second-order valence-electron chi connectivity index (χ2n) is 8.17. The Morgan fingerprint density at radius 2 is 1.83 bits per heavy atom. The molecule has 0 fully saturated rings. The molecule has 0 atom stereocenters. The Labute approximate surface area is 201 Å². The van der Waals surface area contributed by atoms with Gasteiger partial charge < -0.3 is 14.5 Å². The van der Waals surface area contributed by atoms with Gasteiger partial charge in [-0.3, -0.25) is 19.7 Å². The number of nitrogens with one attached hydrogen (secondary N) is 2. The van der Waals surface area contributed by atoms with Gasteiger partial charge >= 0.3 is 0 Å². The molecule has 180 valence electrons. The molecule has 0 aliphatic heterocycles. The lowest BCUT2D eigenvalue weighted by atomic mass is 9.93. The average molecular weight is 476 g/mol. The number of hydrogen-bond donors (Lipinski definition) is 2. The number of benzene rings is 2. The highest BCUT2D eigenvalue weighted by molar-refractivity contribution is 6.10. The number of amides is 2. The number of anilines is 1. The second kappa shape index (κ2) is 9.80. The first-order valence-corrected chi connectivity index (χ1v) is 11.0. The minimum Gasteiger partial charge on any atom is -0.495 e. The van der Waals surface area contributed by atoms with Crippen LogP contribution in [0.3, 0.4) is 0 Å². The van der Waals surface area contributed by atoms with E-state index < -0.39 is 16.7 Å². The highest BCUT2D eigenvalue weighted by Crippen LogP contribution is 2.31. The van der Waals surface area contributed by atoms with Crippen LogP contribution in [-0.2, 0) is 6.42 Å². The van der Waals surface area contributed by atoms with E-state index in [0.29, 0.717) is 46.9 Å². The molecule has 0 saturated heterocycles. The summed E-state index contributed by atoms with van der Waals surface area (Å²) in [6.45, 7) is 3.70. The highest BCUT2D eigenvalue weighted by Gasteiger charge is 2.28. The Kier molecular flexibility index (Phi) is 6.63. The fraction of sp³-hybridized carbons (Fsp3) is 0.240. The number of methoxy groups -OCH3 is 1. The van der Waals surface area contributed by atoms with Crippen molar-refractivity contribution in [3.05, 3.63) is 86.4 Å². The minimum atomic E-state index is -0.532. The van der Waals surface area contributed by atoms with E-state index in [9.17, 15) is 19.7 Å². The van der Waals surface area contributed by atoms with Crippen LogP contribution in [0.4, 0.5) is 11.4 Å². The zero-order valence-corrected chi connectivity index (χ0v) is 19.5. The summed E-state index contributed by atoms with van der Waals surface area (Å²) in [5, 5.41) is 17.9. The van der Waals surface area contributed by atoms with Gasteiger partial charge in [-0.25, -0.2) is 5.43 Å². The van der Waals surface area contributed by atoms with Gasteiger partial charge in [0.15, 0.2) is 5.76 Å². The van der Waals surface area contributed by atoms with Crippen LogP contribution < -0.4 is 15.5 Å². The van der Waals surface area contributed by atoms with Crippen LogP contribution in [0.5, 0.6) is 5.75 Å². The lowest BCUT2D eigenvalue weighted by molar-refractivity contribution is -0.384. The highest BCUT2D eigenvalue weighted by atomic mass is 16.6.